The van der Waals surface area contributed by atoms with Crippen molar-refractivity contribution in [1.82, 2.24) is 4.90 Å². The molecule has 4 rings (SSSR count). The number of nitrogens with zero attached hydrogens (tertiary/aromatic N) is 1. The first kappa shape index (κ1) is 19.4. The predicted octanol–water partition coefficient (Wildman–Crippen LogP) is 6.59. The van der Waals surface area contributed by atoms with Gasteiger partial charge in [0.05, 0.1) is 4.47 Å². The number of hydrogen-bond donors (Lipinski definition) is 0. The molecule has 1 heterocycles. The molecule has 3 aromatic carbocycles. The summed E-state index contributed by atoms with van der Waals surface area (Å²) >= 11 is 9.39. The monoisotopic (exact) mass is 453 g/mol. The third-order valence-electron chi connectivity index (χ3n) is 5.46. The number of halogens is 1. The van der Waals surface area contributed by atoms with Crippen LogP contribution in [-0.4, -0.2) is 23.0 Å². The molecule has 0 bridgehead atoms. The van der Waals surface area contributed by atoms with Crippen LogP contribution in [0.5, 0.6) is 5.75 Å². The molecule has 2 nitrogen and oxygen atoms in total. The molecule has 28 heavy (non-hydrogen) atoms. The Hall–Kier alpha value is -1.91. The fraction of sp³-hybridized carbons (Fsp3) is 0.292. The second-order valence-corrected chi connectivity index (χ2v) is 8.83. The van der Waals surface area contributed by atoms with E-state index in [1.54, 1.807) is 0 Å². The molecule has 3 aromatic rings. The molecular formula is C24H24BrNOS. The molecule has 0 saturated carbocycles. The Bertz CT molecular complexity index is 995. The minimum Gasteiger partial charge on any atom is -0.488 e. The zero-order valence-electron chi connectivity index (χ0n) is 16.0. The predicted molar refractivity (Wildman–Crippen MR) is 124 cm³/mol. The van der Waals surface area contributed by atoms with Crippen LogP contribution in [0.4, 0.5) is 0 Å². The molecular weight excluding hydrogens is 430 g/mol. The maximum absolute atomic E-state index is 6.06. The summed E-state index contributed by atoms with van der Waals surface area (Å²) in [6.45, 7) is 4.96. The van der Waals surface area contributed by atoms with E-state index in [0.29, 0.717) is 6.61 Å². The van der Waals surface area contributed by atoms with Gasteiger partial charge in [0.2, 0.25) is 0 Å². The highest BCUT2D eigenvalue weighted by molar-refractivity contribution is 9.10. The molecule has 1 fully saturated rings. The van der Waals surface area contributed by atoms with Crippen molar-refractivity contribution in [3.63, 3.8) is 0 Å². The van der Waals surface area contributed by atoms with E-state index >= 15 is 0 Å². The lowest BCUT2D eigenvalue weighted by atomic mass is 9.99. The third-order valence-corrected chi connectivity index (χ3v) is 6.57. The highest BCUT2D eigenvalue weighted by Crippen LogP contribution is 2.29. The van der Waals surface area contributed by atoms with Crippen LogP contribution in [0.2, 0.25) is 0 Å². The summed E-state index contributed by atoms with van der Waals surface area (Å²) in [5.74, 6) is 1.64. The summed E-state index contributed by atoms with van der Waals surface area (Å²) in [6, 6.07) is 21.0. The van der Waals surface area contributed by atoms with E-state index in [1.165, 1.54) is 23.6 Å². The first-order chi connectivity index (χ1) is 13.6. The smallest absolute Gasteiger partial charge is 0.134 e. The number of likely N-dealkylation sites (tertiary alicyclic amines) is 1. The first-order valence-electron chi connectivity index (χ1n) is 9.79. The summed E-state index contributed by atoms with van der Waals surface area (Å²) in [5, 5.41) is 2.48. The van der Waals surface area contributed by atoms with Gasteiger partial charge in [0.25, 0.3) is 0 Å². The van der Waals surface area contributed by atoms with Gasteiger partial charge < -0.3 is 9.64 Å². The van der Waals surface area contributed by atoms with Gasteiger partial charge in [0.1, 0.15) is 17.3 Å². The van der Waals surface area contributed by atoms with E-state index in [-0.39, 0.29) is 0 Å². The van der Waals surface area contributed by atoms with E-state index in [2.05, 4.69) is 82.4 Å². The molecule has 0 aromatic heterocycles. The molecule has 1 saturated heterocycles. The van der Waals surface area contributed by atoms with Gasteiger partial charge in [-0.3, -0.25) is 0 Å². The van der Waals surface area contributed by atoms with Crippen molar-refractivity contribution < 1.29 is 4.74 Å². The Morgan fingerprint density at radius 3 is 2.54 bits per heavy atom. The molecule has 0 amide bonds. The van der Waals surface area contributed by atoms with Gasteiger partial charge in [-0.25, -0.2) is 0 Å². The zero-order chi connectivity index (χ0) is 19.5. The zero-order valence-corrected chi connectivity index (χ0v) is 18.4. The lowest BCUT2D eigenvalue weighted by Crippen LogP contribution is -2.37. The molecule has 4 heteroatoms. The maximum atomic E-state index is 6.06. The summed E-state index contributed by atoms with van der Waals surface area (Å²) in [6.07, 6.45) is 2.43. The second-order valence-electron chi connectivity index (χ2n) is 7.59. The quantitative estimate of drug-likeness (QED) is 0.413. The summed E-state index contributed by atoms with van der Waals surface area (Å²) in [5.41, 5.74) is 2.24. The van der Waals surface area contributed by atoms with E-state index < -0.39 is 0 Å². The average molecular weight is 454 g/mol. The van der Waals surface area contributed by atoms with Crippen molar-refractivity contribution >= 4 is 43.9 Å². The molecule has 0 radical (unpaired) electrons. The molecule has 0 atom stereocenters. The topological polar surface area (TPSA) is 12.5 Å². The van der Waals surface area contributed by atoms with Gasteiger partial charge in [-0.05, 0) is 75.3 Å². The van der Waals surface area contributed by atoms with Crippen molar-refractivity contribution in [2.45, 2.75) is 26.4 Å². The number of rotatable bonds is 4. The number of benzene rings is 3. The van der Waals surface area contributed by atoms with Crippen molar-refractivity contribution in [3.8, 4) is 5.75 Å². The Balaban J connectivity index is 1.43. The maximum Gasteiger partial charge on any atom is 0.134 e. The van der Waals surface area contributed by atoms with E-state index in [1.807, 2.05) is 6.07 Å². The van der Waals surface area contributed by atoms with Crippen LogP contribution in [0.15, 0.2) is 65.1 Å². The van der Waals surface area contributed by atoms with Crippen LogP contribution in [-0.2, 0) is 6.61 Å². The van der Waals surface area contributed by atoms with Crippen molar-refractivity contribution in [2.24, 2.45) is 5.92 Å². The minimum absolute atomic E-state index is 0.539. The van der Waals surface area contributed by atoms with Crippen LogP contribution in [0, 0.1) is 5.92 Å². The fourth-order valence-corrected chi connectivity index (χ4v) is 4.44. The van der Waals surface area contributed by atoms with Crippen molar-refractivity contribution in [2.75, 3.05) is 13.1 Å². The molecule has 1 aliphatic rings. The standard InChI is InChI=1S/C24H24BrNOS/c1-17-10-12-26(13-11-17)24(28)21-8-9-23(22(25)15-21)27-16-18-6-7-19-4-2-3-5-20(19)14-18/h2-9,14-15,17H,10-13,16H2,1H3. The van der Waals surface area contributed by atoms with Crippen LogP contribution in [0.1, 0.15) is 30.9 Å². The minimum atomic E-state index is 0.539. The van der Waals surface area contributed by atoms with Gasteiger partial charge in [-0.1, -0.05) is 55.5 Å². The number of thiocarbonyl (C=S) groups is 1. The molecule has 0 N–H and O–H groups in total. The van der Waals surface area contributed by atoms with Gasteiger partial charge in [-0.15, -0.1) is 0 Å². The Morgan fingerprint density at radius 2 is 1.79 bits per heavy atom. The number of fused-ring (bicyclic) bond motifs is 1. The second kappa shape index (κ2) is 8.62. The highest BCUT2D eigenvalue weighted by Gasteiger charge is 2.19. The lowest BCUT2D eigenvalue weighted by molar-refractivity contribution is 0.284. The molecule has 144 valence electrons. The van der Waals surface area contributed by atoms with E-state index in [4.69, 9.17) is 17.0 Å². The normalized spacial score (nSPS) is 15.0. The Morgan fingerprint density at radius 1 is 1.04 bits per heavy atom. The average Bonchev–Trinajstić information content (AvgIpc) is 2.72. The van der Waals surface area contributed by atoms with E-state index in [0.717, 1.165) is 45.3 Å². The molecule has 0 aliphatic carbocycles. The van der Waals surface area contributed by atoms with Gasteiger partial charge in [0, 0.05) is 18.7 Å². The van der Waals surface area contributed by atoms with Crippen LogP contribution in [0.3, 0.4) is 0 Å². The van der Waals surface area contributed by atoms with Gasteiger partial charge in [0.15, 0.2) is 0 Å². The number of ether oxygens (including phenoxy) is 1. The fourth-order valence-electron chi connectivity index (χ4n) is 3.63. The Kier molecular flexibility index (Phi) is 5.98. The van der Waals surface area contributed by atoms with Crippen molar-refractivity contribution in [3.05, 3.63) is 76.3 Å². The largest absolute Gasteiger partial charge is 0.488 e. The molecule has 0 unspecified atom stereocenters. The summed E-state index contributed by atoms with van der Waals surface area (Å²) in [4.78, 5) is 3.26. The molecule has 1 aliphatic heterocycles. The van der Waals surface area contributed by atoms with Crippen LogP contribution >= 0.6 is 28.1 Å². The lowest BCUT2D eigenvalue weighted by Gasteiger charge is -2.32. The van der Waals surface area contributed by atoms with Gasteiger partial charge in [-0.2, -0.15) is 0 Å². The third kappa shape index (κ3) is 4.39. The van der Waals surface area contributed by atoms with Crippen LogP contribution < -0.4 is 4.74 Å². The summed E-state index contributed by atoms with van der Waals surface area (Å²) < 4.78 is 7.01. The molecule has 0 spiro atoms. The number of hydrogen-bond acceptors (Lipinski definition) is 2. The SMILES string of the molecule is CC1CCN(C(=S)c2ccc(OCc3ccc4ccccc4c3)c(Br)c2)CC1. The Labute approximate surface area is 180 Å². The van der Waals surface area contributed by atoms with E-state index in [9.17, 15) is 0 Å². The first-order valence-corrected chi connectivity index (χ1v) is 11.0. The van der Waals surface area contributed by atoms with Crippen LogP contribution in [0.25, 0.3) is 10.8 Å². The highest BCUT2D eigenvalue weighted by atomic mass is 79.9. The number of piperidine rings is 1. The van der Waals surface area contributed by atoms with Crippen molar-refractivity contribution in [1.29, 1.82) is 0 Å². The summed E-state index contributed by atoms with van der Waals surface area (Å²) in [7, 11) is 0. The van der Waals surface area contributed by atoms with Gasteiger partial charge >= 0.3 is 0 Å².